The Kier molecular flexibility index (Phi) is 3.26. The Morgan fingerprint density at radius 3 is 3.17 bits per heavy atom. The first kappa shape index (κ1) is 8.71. The summed E-state index contributed by atoms with van der Waals surface area (Å²) in [5.74, 6) is 0.370. The number of ketones is 1. The zero-order valence-electron chi connectivity index (χ0n) is 6.99. The lowest BCUT2D eigenvalue weighted by atomic mass is 10.2. The highest BCUT2D eigenvalue weighted by atomic mass is 16.3. The maximum Gasteiger partial charge on any atom is 0.203 e. The van der Waals surface area contributed by atoms with Gasteiger partial charge in [0.25, 0.3) is 0 Å². The topological polar surface area (TPSA) is 42.6 Å². The van der Waals surface area contributed by atoms with Gasteiger partial charge in [-0.2, -0.15) is 0 Å². The Hall–Kier alpha value is -1.38. The fourth-order valence-electron chi connectivity index (χ4n) is 0.814. The second-order valence-corrected chi connectivity index (χ2v) is 2.29. The van der Waals surface area contributed by atoms with Gasteiger partial charge in [-0.3, -0.25) is 9.79 Å². The summed E-state index contributed by atoms with van der Waals surface area (Å²) in [6, 6.07) is 3.35. The molecule has 0 aliphatic carbocycles. The number of nitrogens with zero attached hydrogens (tertiary/aromatic N) is 1. The van der Waals surface area contributed by atoms with Crippen LogP contribution in [-0.4, -0.2) is 18.5 Å². The molecule has 0 bridgehead atoms. The number of furan rings is 1. The van der Waals surface area contributed by atoms with Crippen LogP contribution in [0.5, 0.6) is 0 Å². The highest BCUT2D eigenvalue weighted by Gasteiger charge is 2.05. The Bertz CT molecular complexity index is 262. The molecule has 1 rings (SSSR count). The monoisotopic (exact) mass is 165 g/mol. The summed E-state index contributed by atoms with van der Waals surface area (Å²) >= 11 is 0. The van der Waals surface area contributed by atoms with Crippen molar-refractivity contribution in [1.82, 2.24) is 0 Å². The summed E-state index contributed by atoms with van der Waals surface area (Å²) in [5, 5.41) is 0. The maximum absolute atomic E-state index is 11.2. The maximum atomic E-state index is 11.2. The SMILES string of the molecule is CCN=CCC(=O)c1ccco1. The van der Waals surface area contributed by atoms with Crippen molar-refractivity contribution < 1.29 is 9.21 Å². The molecule has 0 aliphatic heterocycles. The molecule has 3 nitrogen and oxygen atoms in total. The van der Waals surface area contributed by atoms with Crippen LogP contribution in [0.2, 0.25) is 0 Å². The standard InChI is InChI=1S/C9H11NO2/c1-2-10-6-5-8(11)9-4-3-7-12-9/h3-4,6-7H,2,5H2,1H3. The molecule has 0 aliphatic rings. The van der Waals surface area contributed by atoms with Crippen LogP contribution in [0.25, 0.3) is 0 Å². The third-order valence-corrected chi connectivity index (χ3v) is 1.38. The van der Waals surface area contributed by atoms with Gasteiger partial charge in [0.1, 0.15) is 0 Å². The van der Waals surface area contributed by atoms with Crippen LogP contribution >= 0.6 is 0 Å². The molecule has 64 valence electrons. The van der Waals surface area contributed by atoms with Crippen molar-refractivity contribution in [3.8, 4) is 0 Å². The Balaban J connectivity index is 2.45. The molecule has 12 heavy (non-hydrogen) atoms. The number of aliphatic imine (C=N–C) groups is 1. The van der Waals surface area contributed by atoms with Crippen molar-refractivity contribution in [1.29, 1.82) is 0 Å². The van der Waals surface area contributed by atoms with Crippen molar-refractivity contribution in [3.05, 3.63) is 24.2 Å². The van der Waals surface area contributed by atoms with Crippen LogP contribution in [0.15, 0.2) is 27.8 Å². The smallest absolute Gasteiger partial charge is 0.203 e. The van der Waals surface area contributed by atoms with E-state index in [2.05, 4.69) is 4.99 Å². The van der Waals surface area contributed by atoms with Gasteiger partial charge in [-0.25, -0.2) is 0 Å². The second kappa shape index (κ2) is 4.49. The van der Waals surface area contributed by atoms with E-state index in [1.165, 1.54) is 6.26 Å². The first-order chi connectivity index (χ1) is 5.84. The minimum atomic E-state index is -0.0304. The molecule has 0 aromatic carbocycles. The van der Waals surface area contributed by atoms with Crippen molar-refractivity contribution in [3.63, 3.8) is 0 Å². The molecule has 0 fully saturated rings. The normalized spacial score (nSPS) is 10.8. The largest absolute Gasteiger partial charge is 0.461 e. The Labute approximate surface area is 71.1 Å². The first-order valence-corrected chi connectivity index (χ1v) is 3.89. The zero-order valence-corrected chi connectivity index (χ0v) is 6.99. The predicted molar refractivity (Wildman–Crippen MR) is 46.7 cm³/mol. The lowest BCUT2D eigenvalue weighted by Gasteiger charge is -1.89. The molecule has 0 atom stereocenters. The van der Waals surface area contributed by atoms with Crippen molar-refractivity contribution >= 4 is 12.0 Å². The molecule has 0 saturated carbocycles. The molecule has 1 aromatic rings. The summed E-state index contributed by atoms with van der Waals surface area (Å²) in [7, 11) is 0. The van der Waals surface area contributed by atoms with Gasteiger partial charge in [0.2, 0.25) is 5.78 Å². The van der Waals surface area contributed by atoms with Gasteiger partial charge in [-0.15, -0.1) is 0 Å². The third-order valence-electron chi connectivity index (χ3n) is 1.38. The summed E-state index contributed by atoms with van der Waals surface area (Å²) < 4.78 is 4.91. The van der Waals surface area contributed by atoms with Gasteiger partial charge < -0.3 is 4.42 Å². The van der Waals surface area contributed by atoms with Gasteiger partial charge in [0.05, 0.1) is 6.26 Å². The summed E-state index contributed by atoms with van der Waals surface area (Å²) in [5.41, 5.74) is 0. The molecular formula is C9H11NO2. The average Bonchev–Trinajstić information content (AvgIpc) is 2.56. The van der Waals surface area contributed by atoms with Crippen LogP contribution in [0, 0.1) is 0 Å². The minimum absolute atomic E-state index is 0.0304. The fraction of sp³-hybridized carbons (Fsp3) is 0.333. The number of hydrogen-bond acceptors (Lipinski definition) is 3. The molecule has 3 heteroatoms. The van der Waals surface area contributed by atoms with Gasteiger partial charge in [0, 0.05) is 19.2 Å². The van der Waals surface area contributed by atoms with Crippen molar-refractivity contribution in [2.45, 2.75) is 13.3 Å². The second-order valence-electron chi connectivity index (χ2n) is 2.29. The number of hydrogen-bond donors (Lipinski definition) is 0. The van der Waals surface area contributed by atoms with Crippen LogP contribution < -0.4 is 0 Å². The summed E-state index contributed by atoms with van der Waals surface area (Å²) in [4.78, 5) is 15.1. The Morgan fingerprint density at radius 1 is 1.75 bits per heavy atom. The van der Waals surface area contributed by atoms with Gasteiger partial charge >= 0.3 is 0 Å². The van der Waals surface area contributed by atoms with E-state index >= 15 is 0 Å². The summed E-state index contributed by atoms with van der Waals surface area (Å²) in [6.45, 7) is 2.64. The average molecular weight is 165 g/mol. The molecule has 1 heterocycles. The van der Waals surface area contributed by atoms with Crippen LogP contribution in [0.1, 0.15) is 23.9 Å². The van der Waals surface area contributed by atoms with Crippen molar-refractivity contribution in [2.24, 2.45) is 4.99 Å². The molecular weight excluding hydrogens is 154 g/mol. The Morgan fingerprint density at radius 2 is 2.58 bits per heavy atom. The van der Waals surface area contributed by atoms with E-state index in [4.69, 9.17) is 4.42 Å². The van der Waals surface area contributed by atoms with E-state index in [-0.39, 0.29) is 5.78 Å². The molecule has 0 unspecified atom stereocenters. The number of rotatable bonds is 4. The van der Waals surface area contributed by atoms with Crippen LogP contribution in [0.4, 0.5) is 0 Å². The molecule has 1 aromatic heterocycles. The molecule has 0 radical (unpaired) electrons. The first-order valence-electron chi connectivity index (χ1n) is 3.89. The highest BCUT2D eigenvalue weighted by molar-refractivity contribution is 6.01. The number of Topliss-reactive ketones (excluding diaryl/α,β-unsaturated/α-hetero) is 1. The van der Waals surface area contributed by atoms with E-state index in [9.17, 15) is 4.79 Å². The van der Waals surface area contributed by atoms with Gasteiger partial charge in [0.15, 0.2) is 5.76 Å². The zero-order chi connectivity index (χ0) is 8.81. The lowest BCUT2D eigenvalue weighted by molar-refractivity contribution is 0.0975. The van der Waals surface area contributed by atoms with Gasteiger partial charge in [-0.1, -0.05) is 0 Å². The minimum Gasteiger partial charge on any atom is -0.461 e. The number of carbonyl (C=O) groups is 1. The highest BCUT2D eigenvalue weighted by Crippen LogP contribution is 2.02. The molecule has 0 spiro atoms. The van der Waals surface area contributed by atoms with Crippen LogP contribution in [0.3, 0.4) is 0 Å². The third kappa shape index (κ3) is 2.34. The lowest BCUT2D eigenvalue weighted by Crippen LogP contribution is -1.97. The molecule has 0 amide bonds. The van der Waals surface area contributed by atoms with Gasteiger partial charge in [-0.05, 0) is 19.1 Å². The van der Waals surface area contributed by atoms with E-state index in [1.54, 1.807) is 18.3 Å². The quantitative estimate of drug-likeness (QED) is 0.505. The predicted octanol–water partition coefficient (Wildman–Crippen LogP) is 1.94. The van der Waals surface area contributed by atoms with E-state index in [0.717, 1.165) is 0 Å². The van der Waals surface area contributed by atoms with E-state index in [1.807, 2.05) is 6.92 Å². The fourth-order valence-corrected chi connectivity index (χ4v) is 0.814. The summed E-state index contributed by atoms with van der Waals surface area (Å²) in [6.07, 6.45) is 3.43. The van der Waals surface area contributed by atoms with E-state index < -0.39 is 0 Å². The molecule has 0 N–H and O–H groups in total. The number of carbonyl (C=O) groups excluding carboxylic acids is 1. The van der Waals surface area contributed by atoms with Crippen LogP contribution in [-0.2, 0) is 0 Å². The van der Waals surface area contributed by atoms with Crippen molar-refractivity contribution in [2.75, 3.05) is 6.54 Å². The van der Waals surface area contributed by atoms with E-state index in [0.29, 0.717) is 18.7 Å². The molecule has 0 saturated heterocycles.